The minimum absolute atomic E-state index is 0.0505. The van der Waals surface area contributed by atoms with E-state index in [1.165, 1.54) is 43.3 Å². The van der Waals surface area contributed by atoms with Crippen molar-refractivity contribution >= 4 is 45.0 Å². The van der Waals surface area contributed by atoms with E-state index in [2.05, 4.69) is 10.6 Å². The van der Waals surface area contributed by atoms with Gasteiger partial charge in [0.1, 0.15) is 11.9 Å². The lowest BCUT2D eigenvalue weighted by Crippen LogP contribution is -2.48. The Morgan fingerprint density at radius 1 is 1.32 bits per heavy atom. The van der Waals surface area contributed by atoms with Gasteiger partial charge < -0.3 is 15.2 Å². The summed E-state index contributed by atoms with van der Waals surface area (Å²) in [5.74, 6) is -0.123. The lowest BCUT2D eigenvalue weighted by atomic mass is 10.2. The van der Waals surface area contributed by atoms with Crippen LogP contribution in [0.1, 0.15) is 12.5 Å². The summed E-state index contributed by atoms with van der Waals surface area (Å²) in [6.45, 7) is 1.21. The Bertz CT molecular complexity index is 1190. The predicted octanol–water partition coefficient (Wildman–Crippen LogP) is 2.39. The van der Waals surface area contributed by atoms with E-state index in [1.54, 1.807) is 0 Å². The van der Waals surface area contributed by atoms with Crippen molar-refractivity contribution in [3.63, 3.8) is 0 Å². The summed E-state index contributed by atoms with van der Waals surface area (Å²) in [7, 11) is -4.22. The van der Waals surface area contributed by atoms with Gasteiger partial charge >= 0.3 is 6.09 Å². The fourth-order valence-corrected chi connectivity index (χ4v) is 4.88. The van der Waals surface area contributed by atoms with Crippen molar-refractivity contribution < 1.29 is 27.9 Å². The van der Waals surface area contributed by atoms with Crippen molar-refractivity contribution in [2.45, 2.75) is 17.9 Å². The molecule has 2 aromatic carbocycles. The molecule has 1 aliphatic heterocycles. The number of nitrogens with one attached hydrogen (secondary N) is 2. The number of carboxylic acid groups (broad SMARTS) is 1. The van der Waals surface area contributed by atoms with Crippen LogP contribution in [0.15, 0.2) is 41.3 Å². The van der Waals surface area contributed by atoms with Crippen LogP contribution in [-0.2, 0) is 14.8 Å². The zero-order chi connectivity index (χ0) is 22.8. The number of halogens is 1. The topological polar surface area (TPSA) is 149 Å². The first kappa shape index (κ1) is 22.2. The third kappa shape index (κ3) is 4.99. The highest BCUT2D eigenvalue weighted by Gasteiger charge is 2.35. The second kappa shape index (κ2) is 8.71. The molecule has 1 aliphatic rings. The van der Waals surface area contributed by atoms with E-state index in [1.807, 2.05) is 6.07 Å². The summed E-state index contributed by atoms with van der Waals surface area (Å²) in [5, 5.41) is 22.9. The first-order chi connectivity index (χ1) is 14.6. The molecular weight excluding hydrogens is 448 g/mol. The first-order valence-electron chi connectivity index (χ1n) is 8.88. The van der Waals surface area contributed by atoms with Crippen molar-refractivity contribution in [1.82, 2.24) is 5.32 Å². The molecule has 0 aromatic heterocycles. The van der Waals surface area contributed by atoms with Crippen LogP contribution < -0.4 is 19.7 Å². The number of amides is 2. The van der Waals surface area contributed by atoms with Gasteiger partial charge in [-0.15, -0.1) is 0 Å². The minimum atomic E-state index is -4.22. The smallest absolute Gasteiger partial charge is 0.409 e. The van der Waals surface area contributed by atoms with E-state index < -0.39 is 22.2 Å². The number of carbonyl (C=O) groups is 2. The van der Waals surface area contributed by atoms with Gasteiger partial charge in [-0.3, -0.25) is 14.4 Å². The molecule has 0 radical (unpaired) electrons. The first-order valence-corrected chi connectivity index (χ1v) is 10.7. The van der Waals surface area contributed by atoms with Crippen LogP contribution in [-0.4, -0.2) is 44.7 Å². The normalized spacial score (nSPS) is 15.3. The maximum absolute atomic E-state index is 13.5. The fraction of sp³-hybridized carbons (Fsp3) is 0.211. The van der Waals surface area contributed by atoms with E-state index in [0.29, 0.717) is 0 Å². The molecule has 1 unspecified atom stereocenters. The quantitative estimate of drug-likeness (QED) is 0.614. The van der Waals surface area contributed by atoms with Gasteiger partial charge in [-0.2, -0.15) is 5.26 Å². The number of carbonyl (C=O) groups excluding carboxylic acids is 1. The Kier molecular flexibility index (Phi) is 6.24. The van der Waals surface area contributed by atoms with Crippen molar-refractivity contribution in [2.24, 2.45) is 0 Å². The number of benzene rings is 2. The molecule has 1 atom stereocenters. The molecule has 3 rings (SSSR count). The average Bonchev–Trinajstić information content (AvgIpc) is 2.70. The Hall–Kier alpha value is -3.49. The zero-order valence-corrected chi connectivity index (χ0v) is 17.7. The average molecular weight is 465 g/mol. The Balaban J connectivity index is 2.09. The predicted molar refractivity (Wildman–Crippen MR) is 112 cm³/mol. The molecule has 31 heavy (non-hydrogen) atoms. The van der Waals surface area contributed by atoms with Crippen molar-refractivity contribution in [3.05, 3.63) is 47.0 Å². The van der Waals surface area contributed by atoms with E-state index >= 15 is 0 Å². The van der Waals surface area contributed by atoms with Crippen LogP contribution in [0.25, 0.3) is 0 Å². The third-order valence-corrected chi connectivity index (χ3v) is 6.28. The van der Waals surface area contributed by atoms with Gasteiger partial charge in [-0.05, 0) is 36.4 Å². The van der Waals surface area contributed by atoms with E-state index in [9.17, 15) is 18.0 Å². The number of rotatable bonds is 5. The number of hydrogen-bond acceptors (Lipinski definition) is 6. The number of hydrogen-bond donors (Lipinski definition) is 3. The van der Waals surface area contributed by atoms with Crippen molar-refractivity contribution in [1.29, 1.82) is 5.26 Å². The molecule has 0 saturated heterocycles. The van der Waals surface area contributed by atoms with Crippen LogP contribution in [0, 0.1) is 11.3 Å². The monoisotopic (exact) mass is 464 g/mol. The summed E-state index contributed by atoms with van der Waals surface area (Å²) in [6, 6.07) is 9.79. The highest BCUT2D eigenvalue weighted by Crippen LogP contribution is 2.39. The number of anilines is 2. The SMILES string of the molecule is CC(=O)NCC1CN(S(=O)(=O)c2cc(Cl)cc(C#N)c2)c2cc(NC(=O)O)ccc2O1. The van der Waals surface area contributed by atoms with Crippen LogP contribution in [0.2, 0.25) is 5.02 Å². The van der Waals surface area contributed by atoms with Crippen molar-refractivity contribution in [3.8, 4) is 11.8 Å². The van der Waals surface area contributed by atoms with Crippen LogP contribution in [0.5, 0.6) is 5.75 Å². The molecule has 0 aliphatic carbocycles. The van der Waals surface area contributed by atoms with Gasteiger partial charge in [0.15, 0.2) is 0 Å². The van der Waals surface area contributed by atoms with Gasteiger partial charge in [-0.1, -0.05) is 11.6 Å². The standard InChI is InChI=1S/C19H17ClN4O6S/c1-11(25)22-9-15-10-24(17-7-14(23-19(26)27)2-3-18(17)30-15)31(28,29)16-5-12(8-21)4-13(20)6-16/h2-7,15,23H,9-10H2,1H3,(H,22,25)(H,26,27). The number of nitriles is 1. The summed E-state index contributed by atoms with van der Waals surface area (Å²) in [6.07, 6.45) is -2.03. The molecule has 10 nitrogen and oxygen atoms in total. The number of nitrogens with zero attached hydrogens (tertiary/aromatic N) is 2. The molecule has 2 aromatic rings. The molecule has 0 bridgehead atoms. The summed E-state index contributed by atoms with van der Waals surface area (Å²) < 4.78 is 33.8. The van der Waals surface area contributed by atoms with Crippen molar-refractivity contribution in [2.75, 3.05) is 22.7 Å². The Morgan fingerprint density at radius 3 is 2.71 bits per heavy atom. The molecular formula is C19H17ClN4O6S. The second-order valence-corrected chi connectivity index (χ2v) is 8.91. The van der Waals surface area contributed by atoms with Crippen LogP contribution in [0.4, 0.5) is 16.2 Å². The second-order valence-electron chi connectivity index (χ2n) is 6.61. The third-order valence-electron chi connectivity index (χ3n) is 4.31. The zero-order valence-electron chi connectivity index (χ0n) is 16.1. The number of sulfonamides is 1. The molecule has 3 N–H and O–H groups in total. The Labute approximate surface area is 183 Å². The molecule has 0 spiro atoms. The highest BCUT2D eigenvalue weighted by atomic mass is 35.5. The summed E-state index contributed by atoms with van der Waals surface area (Å²) in [5.41, 5.74) is 0.304. The molecule has 0 saturated carbocycles. The van der Waals surface area contributed by atoms with Gasteiger partial charge in [0, 0.05) is 17.6 Å². The summed E-state index contributed by atoms with van der Waals surface area (Å²) >= 11 is 5.99. The number of fused-ring (bicyclic) bond motifs is 1. The van der Waals surface area contributed by atoms with Gasteiger partial charge in [0.2, 0.25) is 5.91 Å². The lowest BCUT2D eigenvalue weighted by Gasteiger charge is -2.35. The van der Waals surface area contributed by atoms with E-state index in [4.69, 9.17) is 26.7 Å². The molecule has 1 heterocycles. The summed E-state index contributed by atoms with van der Waals surface area (Å²) in [4.78, 5) is 22.1. The fourth-order valence-electron chi connectivity index (χ4n) is 3.01. The minimum Gasteiger partial charge on any atom is -0.484 e. The molecule has 0 fully saturated rings. The molecule has 12 heteroatoms. The number of ether oxygens (including phenoxy) is 1. The van der Waals surface area contributed by atoms with E-state index in [-0.39, 0.29) is 51.6 Å². The van der Waals surface area contributed by atoms with Gasteiger partial charge in [0.05, 0.1) is 35.3 Å². The van der Waals surface area contributed by atoms with E-state index in [0.717, 1.165) is 4.31 Å². The molecule has 162 valence electrons. The lowest BCUT2D eigenvalue weighted by molar-refractivity contribution is -0.119. The highest BCUT2D eigenvalue weighted by molar-refractivity contribution is 7.92. The maximum atomic E-state index is 13.5. The largest absolute Gasteiger partial charge is 0.484 e. The van der Waals surface area contributed by atoms with Gasteiger partial charge in [-0.25, -0.2) is 13.2 Å². The van der Waals surface area contributed by atoms with Crippen LogP contribution >= 0.6 is 11.6 Å². The van der Waals surface area contributed by atoms with Gasteiger partial charge in [0.25, 0.3) is 10.0 Å². The van der Waals surface area contributed by atoms with Crippen LogP contribution in [0.3, 0.4) is 0 Å². The maximum Gasteiger partial charge on any atom is 0.409 e. The molecule has 2 amide bonds. The Morgan fingerprint density at radius 2 is 2.06 bits per heavy atom.